The molecule has 0 aliphatic heterocycles. The lowest BCUT2D eigenvalue weighted by Crippen LogP contribution is -2.24. The van der Waals surface area contributed by atoms with Gasteiger partial charge in [0.05, 0.1) is 11.2 Å². The van der Waals surface area contributed by atoms with Crippen molar-refractivity contribution >= 4 is 29.5 Å². The molecule has 110 valence electrons. The van der Waals surface area contributed by atoms with Gasteiger partial charge in [-0.05, 0) is 25.5 Å². The summed E-state index contributed by atoms with van der Waals surface area (Å²) in [5.41, 5.74) is 5.73. The summed E-state index contributed by atoms with van der Waals surface area (Å²) in [4.78, 5) is 11.7. The van der Waals surface area contributed by atoms with E-state index in [1.807, 2.05) is 32.0 Å². The summed E-state index contributed by atoms with van der Waals surface area (Å²) in [7, 11) is 1.75. The predicted octanol–water partition coefficient (Wildman–Crippen LogP) is 2.85. The Labute approximate surface area is 127 Å². The number of amides is 2. The summed E-state index contributed by atoms with van der Waals surface area (Å²) < 4.78 is 1.57. The first-order chi connectivity index (χ1) is 9.95. The minimum Gasteiger partial charge on any atom is -0.306 e. The molecule has 7 heteroatoms. The van der Waals surface area contributed by atoms with Crippen molar-refractivity contribution in [1.29, 1.82) is 0 Å². The Balaban J connectivity index is 1.94. The van der Waals surface area contributed by atoms with Crippen LogP contribution in [-0.4, -0.2) is 22.0 Å². The summed E-state index contributed by atoms with van der Waals surface area (Å²) in [6, 6.07) is 5.35. The van der Waals surface area contributed by atoms with Crippen LogP contribution in [0.25, 0.3) is 0 Å². The van der Waals surface area contributed by atoms with Crippen LogP contribution in [0, 0.1) is 13.8 Å². The fourth-order valence-electron chi connectivity index (χ4n) is 1.82. The van der Waals surface area contributed by atoms with Gasteiger partial charge in [0.2, 0.25) is 0 Å². The second-order valence-electron chi connectivity index (χ2n) is 4.68. The highest BCUT2D eigenvalue weighted by Crippen LogP contribution is 2.15. The molecule has 2 amide bonds. The summed E-state index contributed by atoms with van der Waals surface area (Å²) in [5, 5.41) is 11.1. The maximum atomic E-state index is 11.7. The molecule has 0 atom stereocenters. The Kier molecular flexibility index (Phi) is 4.59. The first-order valence-corrected chi connectivity index (χ1v) is 6.70. The van der Waals surface area contributed by atoms with Gasteiger partial charge >= 0.3 is 6.03 Å². The predicted molar refractivity (Wildman–Crippen MR) is 83.9 cm³/mol. The van der Waals surface area contributed by atoms with Crippen LogP contribution in [-0.2, 0) is 7.05 Å². The van der Waals surface area contributed by atoms with E-state index in [9.17, 15) is 4.79 Å². The minimum absolute atomic E-state index is 0.426. The van der Waals surface area contributed by atoms with Crippen molar-refractivity contribution in [2.45, 2.75) is 13.8 Å². The Morgan fingerprint density at radius 1 is 1.43 bits per heavy atom. The smallest absolute Gasteiger partial charge is 0.306 e. The minimum atomic E-state index is -0.426. The molecule has 2 aromatic rings. The highest BCUT2D eigenvalue weighted by Gasteiger charge is 2.04. The SMILES string of the molecule is Cc1ccc(NC(=O)N/N=C/c2nn(C)cc2Cl)c(C)c1. The first-order valence-electron chi connectivity index (χ1n) is 6.32. The van der Waals surface area contributed by atoms with Crippen molar-refractivity contribution in [3.05, 3.63) is 46.2 Å². The van der Waals surface area contributed by atoms with E-state index >= 15 is 0 Å². The molecule has 0 saturated heterocycles. The van der Waals surface area contributed by atoms with Gasteiger partial charge in [0.15, 0.2) is 0 Å². The lowest BCUT2D eigenvalue weighted by atomic mass is 10.1. The van der Waals surface area contributed by atoms with Crippen molar-refractivity contribution in [2.24, 2.45) is 12.1 Å². The lowest BCUT2D eigenvalue weighted by Gasteiger charge is -2.08. The second-order valence-corrected chi connectivity index (χ2v) is 5.09. The number of carbonyl (C=O) groups excluding carboxylic acids is 1. The topological polar surface area (TPSA) is 71.3 Å². The van der Waals surface area contributed by atoms with Crippen LogP contribution < -0.4 is 10.7 Å². The van der Waals surface area contributed by atoms with E-state index in [1.165, 1.54) is 6.21 Å². The van der Waals surface area contributed by atoms with Crippen molar-refractivity contribution in [1.82, 2.24) is 15.2 Å². The highest BCUT2D eigenvalue weighted by atomic mass is 35.5. The molecule has 1 heterocycles. The summed E-state index contributed by atoms with van der Waals surface area (Å²) in [6.45, 7) is 3.93. The molecule has 0 bridgehead atoms. The van der Waals surface area contributed by atoms with Gasteiger partial charge in [0, 0.05) is 18.9 Å². The van der Waals surface area contributed by atoms with Gasteiger partial charge < -0.3 is 5.32 Å². The van der Waals surface area contributed by atoms with Gasteiger partial charge in [-0.1, -0.05) is 29.3 Å². The average molecular weight is 306 g/mol. The van der Waals surface area contributed by atoms with E-state index in [2.05, 4.69) is 20.9 Å². The van der Waals surface area contributed by atoms with Crippen molar-refractivity contribution < 1.29 is 4.79 Å². The summed E-state index contributed by atoms with van der Waals surface area (Å²) in [5.74, 6) is 0. The maximum absolute atomic E-state index is 11.7. The van der Waals surface area contributed by atoms with E-state index in [-0.39, 0.29) is 0 Å². The van der Waals surface area contributed by atoms with Crippen LogP contribution in [0.3, 0.4) is 0 Å². The summed E-state index contributed by atoms with van der Waals surface area (Å²) >= 11 is 5.92. The molecule has 0 fully saturated rings. The third-order valence-electron chi connectivity index (χ3n) is 2.79. The van der Waals surface area contributed by atoms with Crippen LogP contribution in [0.4, 0.5) is 10.5 Å². The number of hydrogen-bond acceptors (Lipinski definition) is 3. The molecule has 2 N–H and O–H groups in total. The number of anilines is 1. The van der Waals surface area contributed by atoms with E-state index in [1.54, 1.807) is 17.9 Å². The number of aryl methyl sites for hydroxylation is 3. The van der Waals surface area contributed by atoms with Gasteiger partial charge in [0.1, 0.15) is 5.69 Å². The van der Waals surface area contributed by atoms with Gasteiger partial charge in [-0.2, -0.15) is 10.2 Å². The zero-order valence-electron chi connectivity index (χ0n) is 12.0. The fraction of sp³-hybridized carbons (Fsp3) is 0.214. The molecule has 0 saturated carbocycles. The normalized spacial score (nSPS) is 10.9. The van der Waals surface area contributed by atoms with E-state index in [0.717, 1.165) is 16.8 Å². The third kappa shape index (κ3) is 4.06. The lowest BCUT2D eigenvalue weighted by molar-refractivity contribution is 0.252. The Hall–Kier alpha value is -2.34. The standard InChI is InChI=1S/C14H16ClN5O/c1-9-4-5-12(10(2)6-9)17-14(21)18-16-7-13-11(15)8-20(3)19-13/h4-8H,1-3H3,(H2,17,18,21)/b16-7+. The van der Waals surface area contributed by atoms with Gasteiger partial charge in [-0.15, -0.1) is 0 Å². The quantitative estimate of drug-likeness (QED) is 0.676. The number of aromatic nitrogens is 2. The molecule has 2 rings (SSSR count). The molecule has 21 heavy (non-hydrogen) atoms. The number of benzene rings is 1. The van der Waals surface area contributed by atoms with Crippen LogP contribution in [0.2, 0.25) is 5.02 Å². The fourth-order valence-corrected chi connectivity index (χ4v) is 2.05. The monoisotopic (exact) mass is 305 g/mol. The van der Waals surface area contributed by atoms with Crippen molar-refractivity contribution in [3.63, 3.8) is 0 Å². The largest absolute Gasteiger partial charge is 0.339 e. The molecule has 1 aromatic heterocycles. The molecule has 1 aromatic carbocycles. The molecular weight excluding hydrogens is 290 g/mol. The maximum Gasteiger partial charge on any atom is 0.339 e. The zero-order valence-corrected chi connectivity index (χ0v) is 12.8. The van der Waals surface area contributed by atoms with E-state index in [4.69, 9.17) is 11.6 Å². The Morgan fingerprint density at radius 2 is 2.19 bits per heavy atom. The number of nitrogens with one attached hydrogen (secondary N) is 2. The number of hydrazone groups is 1. The Bertz CT molecular complexity index is 693. The number of halogens is 1. The zero-order chi connectivity index (χ0) is 15.4. The van der Waals surface area contributed by atoms with Gasteiger partial charge in [-0.3, -0.25) is 4.68 Å². The first kappa shape index (κ1) is 15.1. The number of nitrogens with zero attached hydrogens (tertiary/aromatic N) is 3. The van der Waals surface area contributed by atoms with Gasteiger partial charge in [-0.25, -0.2) is 10.2 Å². The van der Waals surface area contributed by atoms with Gasteiger partial charge in [0.25, 0.3) is 0 Å². The van der Waals surface area contributed by atoms with Crippen LogP contribution in [0.15, 0.2) is 29.5 Å². The van der Waals surface area contributed by atoms with Crippen LogP contribution in [0.1, 0.15) is 16.8 Å². The number of urea groups is 1. The molecule has 0 unspecified atom stereocenters. The highest BCUT2D eigenvalue weighted by molar-refractivity contribution is 6.32. The molecule has 0 spiro atoms. The molecular formula is C14H16ClN5O. The number of rotatable bonds is 3. The molecule has 6 nitrogen and oxygen atoms in total. The van der Waals surface area contributed by atoms with Crippen molar-refractivity contribution in [2.75, 3.05) is 5.32 Å². The number of hydrogen-bond donors (Lipinski definition) is 2. The second kappa shape index (κ2) is 6.41. The van der Waals surface area contributed by atoms with E-state index in [0.29, 0.717) is 10.7 Å². The summed E-state index contributed by atoms with van der Waals surface area (Å²) in [6.07, 6.45) is 3.04. The van der Waals surface area contributed by atoms with Crippen LogP contribution in [0.5, 0.6) is 0 Å². The van der Waals surface area contributed by atoms with Crippen molar-refractivity contribution in [3.8, 4) is 0 Å². The average Bonchev–Trinajstić information content (AvgIpc) is 2.71. The number of carbonyl (C=O) groups is 1. The van der Waals surface area contributed by atoms with E-state index < -0.39 is 6.03 Å². The Morgan fingerprint density at radius 3 is 2.81 bits per heavy atom. The molecule has 0 aliphatic rings. The van der Waals surface area contributed by atoms with Crippen LogP contribution >= 0.6 is 11.6 Å². The molecule has 0 aliphatic carbocycles. The third-order valence-corrected chi connectivity index (χ3v) is 3.08. The molecule has 0 radical (unpaired) electrons.